The van der Waals surface area contributed by atoms with Crippen molar-refractivity contribution in [3.8, 4) is 11.5 Å². The summed E-state index contributed by atoms with van der Waals surface area (Å²) in [5, 5.41) is 0. The largest absolute Gasteiger partial charge is 0.493 e. The van der Waals surface area contributed by atoms with Crippen molar-refractivity contribution in [1.29, 1.82) is 0 Å². The zero-order chi connectivity index (χ0) is 12.5. The first kappa shape index (κ1) is 12.3. The third-order valence-electron chi connectivity index (χ3n) is 3.51. The molecular formula is C13H16BrNO3. The maximum atomic E-state index is 5.83. The van der Waals surface area contributed by atoms with Crippen LogP contribution in [-0.4, -0.2) is 13.2 Å². The van der Waals surface area contributed by atoms with Gasteiger partial charge in [-0.3, -0.25) is 4.84 Å². The number of nitrogens with two attached hydrogens (primary N) is 1. The predicted octanol–water partition coefficient (Wildman–Crippen LogP) is 2.49. The van der Waals surface area contributed by atoms with Gasteiger partial charge in [-0.25, -0.2) is 5.90 Å². The highest BCUT2D eigenvalue weighted by atomic mass is 79.9. The Morgan fingerprint density at radius 2 is 1.72 bits per heavy atom. The van der Waals surface area contributed by atoms with Crippen molar-refractivity contribution in [3.05, 3.63) is 21.2 Å². The van der Waals surface area contributed by atoms with Crippen molar-refractivity contribution in [2.75, 3.05) is 13.2 Å². The van der Waals surface area contributed by atoms with Crippen LogP contribution in [0.25, 0.3) is 0 Å². The fraction of sp³-hybridized carbons (Fsp3) is 0.538. The van der Waals surface area contributed by atoms with Crippen LogP contribution in [0.1, 0.15) is 29.5 Å². The Labute approximate surface area is 114 Å². The molecule has 0 atom stereocenters. The van der Waals surface area contributed by atoms with Crippen molar-refractivity contribution in [3.63, 3.8) is 0 Å². The van der Waals surface area contributed by atoms with E-state index in [1.807, 2.05) is 0 Å². The van der Waals surface area contributed by atoms with Gasteiger partial charge in [0, 0.05) is 16.7 Å². The molecule has 0 amide bonds. The smallest absolute Gasteiger partial charge is 0.137 e. The highest BCUT2D eigenvalue weighted by molar-refractivity contribution is 9.10. The van der Waals surface area contributed by atoms with E-state index in [0.717, 1.165) is 60.4 Å². The summed E-state index contributed by atoms with van der Waals surface area (Å²) in [6, 6.07) is 0. The van der Waals surface area contributed by atoms with Crippen LogP contribution in [0, 0.1) is 0 Å². The fourth-order valence-electron chi connectivity index (χ4n) is 2.72. The summed E-state index contributed by atoms with van der Waals surface area (Å²) in [7, 11) is 0. The standard InChI is InChI=1S/C13H16BrNO3/c14-11-9-4-2-5-16-12(9)10(7-18-15)8-3-1-6-17-13(8)11/h1-7,15H2. The van der Waals surface area contributed by atoms with Crippen molar-refractivity contribution < 1.29 is 14.3 Å². The molecule has 98 valence electrons. The lowest BCUT2D eigenvalue weighted by molar-refractivity contribution is 0.118. The molecule has 0 unspecified atom stereocenters. The van der Waals surface area contributed by atoms with Crippen molar-refractivity contribution in [2.24, 2.45) is 5.90 Å². The van der Waals surface area contributed by atoms with Gasteiger partial charge >= 0.3 is 0 Å². The molecule has 0 aromatic heterocycles. The summed E-state index contributed by atoms with van der Waals surface area (Å²) in [4.78, 5) is 4.85. The zero-order valence-electron chi connectivity index (χ0n) is 10.1. The lowest BCUT2D eigenvalue weighted by Crippen LogP contribution is -2.19. The summed E-state index contributed by atoms with van der Waals surface area (Å²) in [6.45, 7) is 1.91. The molecule has 0 bridgehead atoms. The quantitative estimate of drug-likeness (QED) is 0.852. The van der Waals surface area contributed by atoms with Gasteiger partial charge in [-0.1, -0.05) is 0 Å². The minimum absolute atomic E-state index is 0.376. The van der Waals surface area contributed by atoms with E-state index in [2.05, 4.69) is 15.9 Å². The first-order valence-electron chi connectivity index (χ1n) is 6.26. The zero-order valence-corrected chi connectivity index (χ0v) is 11.7. The molecule has 0 saturated carbocycles. The molecule has 0 aliphatic carbocycles. The second kappa shape index (κ2) is 5.07. The molecule has 3 rings (SSSR count). The Morgan fingerprint density at radius 3 is 2.44 bits per heavy atom. The molecule has 18 heavy (non-hydrogen) atoms. The second-order valence-corrected chi connectivity index (χ2v) is 5.42. The molecule has 0 spiro atoms. The van der Waals surface area contributed by atoms with Crippen LogP contribution in [0.3, 0.4) is 0 Å². The molecule has 2 aliphatic heterocycles. The van der Waals surface area contributed by atoms with Gasteiger partial charge in [0.25, 0.3) is 0 Å². The highest BCUT2D eigenvalue weighted by Gasteiger charge is 2.28. The second-order valence-electron chi connectivity index (χ2n) is 4.62. The number of hydrogen-bond donors (Lipinski definition) is 1. The van der Waals surface area contributed by atoms with Gasteiger partial charge in [-0.05, 0) is 41.6 Å². The molecule has 2 heterocycles. The summed E-state index contributed by atoms with van der Waals surface area (Å²) >= 11 is 3.66. The molecule has 5 heteroatoms. The Hall–Kier alpha value is -0.780. The lowest BCUT2D eigenvalue weighted by atomic mass is 9.93. The topological polar surface area (TPSA) is 53.7 Å². The number of benzene rings is 1. The van der Waals surface area contributed by atoms with Crippen LogP contribution >= 0.6 is 15.9 Å². The molecule has 0 saturated heterocycles. The maximum Gasteiger partial charge on any atom is 0.137 e. The van der Waals surface area contributed by atoms with E-state index in [9.17, 15) is 0 Å². The molecular weight excluding hydrogens is 298 g/mol. The average molecular weight is 314 g/mol. The van der Waals surface area contributed by atoms with Crippen molar-refractivity contribution >= 4 is 15.9 Å². The molecule has 0 fully saturated rings. The van der Waals surface area contributed by atoms with E-state index in [-0.39, 0.29) is 0 Å². The van der Waals surface area contributed by atoms with Crippen molar-refractivity contribution in [2.45, 2.75) is 32.3 Å². The van der Waals surface area contributed by atoms with Gasteiger partial charge in [0.2, 0.25) is 0 Å². The van der Waals surface area contributed by atoms with E-state index in [0.29, 0.717) is 6.61 Å². The molecule has 4 nitrogen and oxygen atoms in total. The first-order valence-corrected chi connectivity index (χ1v) is 7.05. The van der Waals surface area contributed by atoms with Crippen LogP contribution < -0.4 is 15.4 Å². The van der Waals surface area contributed by atoms with E-state index in [4.69, 9.17) is 20.2 Å². The molecule has 2 N–H and O–H groups in total. The van der Waals surface area contributed by atoms with Crippen LogP contribution in [0.2, 0.25) is 0 Å². The maximum absolute atomic E-state index is 5.83. The highest BCUT2D eigenvalue weighted by Crippen LogP contribution is 2.46. The lowest BCUT2D eigenvalue weighted by Gasteiger charge is -2.28. The van der Waals surface area contributed by atoms with Gasteiger partial charge in [-0.15, -0.1) is 0 Å². The van der Waals surface area contributed by atoms with Gasteiger partial charge in [0.1, 0.15) is 11.5 Å². The van der Waals surface area contributed by atoms with Crippen LogP contribution in [-0.2, 0) is 24.3 Å². The minimum Gasteiger partial charge on any atom is -0.493 e. The van der Waals surface area contributed by atoms with Crippen LogP contribution in [0.15, 0.2) is 4.47 Å². The molecule has 0 radical (unpaired) electrons. The van der Waals surface area contributed by atoms with E-state index in [1.54, 1.807) is 0 Å². The summed E-state index contributed by atoms with van der Waals surface area (Å²) < 4.78 is 12.7. The van der Waals surface area contributed by atoms with E-state index < -0.39 is 0 Å². The van der Waals surface area contributed by atoms with Crippen molar-refractivity contribution in [1.82, 2.24) is 0 Å². The minimum atomic E-state index is 0.376. The average Bonchev–Trinajstić information content (AvgIpc) is 2.43. The molecule has 1 aromatic rings. The van der Waals surface area contributed by atoms with Gasteiger partial charge in [0.05, 0.1) is 24.3 Å². The third kappa shape index (κ3) is 1.90. The predicted molar refractivity (Wildman–Crippen MR) is 70.8 cm³/mol. The van der Waals surface area contributed by atoms with E-state index >= 15 is 0 Å². The molecule has 2 aliphatic rings. The number of fused-ring (bicyclic) bond motifs is 2. The van der Waals surface area contributed by atoms with Crippen LogP contribution in [0.4, 0.5) is 0 Å². The van der Waals surface area contributed by atoms with Gasteiger partial charge in [-0.2, -0.15) is 0 Å². The third-order valence-corrected chi connectivity index (χ3v) is 4.35. The molecule has 1 aromatic carbocycles. The number of halogens is 1. The van der Waals surface area contributed by atoms with Gasteiger partial charge < -0.3 is 9.47 Å². The van der Waals surface area contributed by atoms with E-state index in [1.165, 1.54) is 11.1 Å². The normalized spacial score (nSPS) is 17.4. The Balaban J connectivity index is 2.20. The number of rotatable bonds is 2. The summed E-state index contributed by atoms with van der Waals surface area (Å²) in [5.41, 5.74) is 3.43. The number of ether oxygens (including phenoxy) is 2. The summed E-state index contributed by atoms with van der Waals surface area (Å²) in [6.07, 6.45) is 4.05. The Morgan fingerprint density at radius 1 is 1.06 bits per heavy atom. The first-order chi connectivity index (χ1) is 8.83. The monoisotopic (exact) mass is 313 g/mol. The fourth-order valence-corrected chi connectivity index (χ4v) is 3.45. The van der Waals surface area contributed by atoms with Crippen LogP contribution in [0.5, 0.6) is 11.5 Å². The Bertz CT molecular complexity index is 439. The Kier molecular flexibility index (Phi) is 3.46. The SMILES string of the molecule is NOCc1c2c(c(Br)c3c1OCCC3)OCCC2. The summed E-state index contributed by atoms with van der Waals surface area (Å²) in [5.74, 6) is 7.16. The number of hydrogen-bond acceptors (Lipinski definition) is 4. The van der Waals surface area contributed by atoms with Gasteiger partial charge in [0.15, 0.2) is 0 Å².